The summed E-state index contributed by atoms with van der Waals surface area (Å²) in [5.41, 5.74) is 0.0891. The highest BCUT2D eigenvalue weighted by atomic mass is 19.4. The number of hydrogen-bond acceptors (Lipinski definition) is 3. The lowest BCUT2D eigenvalue weighted by Crippen LogP contribution is -2.66. The molecule has 1 aromatic heterocycles. The molecule has 158 valence electrons. The molecule has 1 aromatic carbocycles. The Balaban J connectivity index is 1.57. The number of ether oxygens (including phenoxy) is 2. The van der Waals surface area contributed by atoms with Gasteiger partial charge in [-0.2, -0.15) is 13.2 Å². The van der Waals surface area contributed by atoms with Crippen LogP contribution in [0.4, 0.5) is 13.2 Å². The van der Waals surface area contributed by atoms with Crippen LogP contribution in [-0.4, -0.2) is 42.4 Å². The van der Waals surface area contributed by atoms with Crippen LogP contribution < -0.4 is 5.32 Å². The molecule has 2 aliphatic rings. The molecular weight excluding hydrogens is 385 g/mol. The van der Waals surface area contributed by atoms with Gasteiger partial charge in [0.1, 0.15) is 5.69 Å². The van der Waals surface area contributed by atoms with Crippen LogP contribution in [0.25, 0.3) is 10.9 Å². The summed E-state index contributed by atoms with van der Waals surface area (Å²) in [6.07, 6.45) is -1.92. The first-order valence-corrected chi connectivity index (χ1v) is 9.93. The number of alkyl halides is 3. The zero-order valence-electron chi connectivity index (χ0n) is 16.5. The van der Waals surface area contributed by atoms with Crippen LogP contribution in [0.1, 0.15) is 42.2 Å². The summed E-state index contributed by atoms with van der Waals surface area (Å²) in [6.45, 7) is 3.87. The molecule has 2 heterocycles. The van der Waals surface area contributed by atoms with Crippen molar-refractivity contribution in [2.75, 3.05) is 19.8 Å². The molecule has 2 aromatic rings. The van der Waals surface area contributed by atoms with E-state index in [1.165, 1.54) is 12.1 Å². The van der Waals surface area contributed by atoms with Gasteiger partial charge in [0.25, 0.3) is 5.91 Å². The maximum Gasteiger partial charge on any atom is 0.416 e. The Morgan fingerprint density at radius 1 is 1.31 bits per heavy atom. The summed E-state index contributed by atoms with van der Waals surface area (Å²) in [4.78, 5) is 13.0. The van der Waals surface area contributed by atoms with E-state index in [0.717, 1.165) is 31.4 Å². The normalized spacial score (nSPS) is 23.9. The molecule has 4 rings (SSSR count). The highest BCUT2D eigenvalue weighted by Crippen LogP contribution is 2.50. The molecule has 1 aliphatic heterocycles. The summed E-state index contributed by atoms with van der Waals surface area (Å²) in [6, 6.07) is 5.03. The van der Waals surface area contributed by atoms with Gasteiger partial charge in [-0.1, -0.05) is 0 Å². The van der Waals surface area contributed by atoms with Crippen molar-refractivity contribution < 1.29 is 27.4 Å². The van der Waals surface area contributed by atoms with Crippen molar-refractivity contribution in [1.29, 1.82) is 0 Å². The molecule has 1 aliphatic carbocycles. The lowest BCUT2D eigenvalue weighted by atomic mass is 9.57. The molecule has 1 amide bonds. The first-order chi connectivity index (χ1) is 13.8. The van der Waals surface area contributed by atoms with Crippen molar-refractivity contribution in [2.45, 2.75) is 44.5 Å². The van der Waals surface area contributed by atoms with Gasteiger partial charge in [0.05, 0.1) is 11.7 Å². The fraction of sp³-hybridized carbons (Fsp3) is 0.571. The number of rotatable bonds is 4. The Morgan fingerprint density at radius 3 is 2.69 bits per heavy atom. The van der Waals surface area contributed by atoms with E-state index >= 15 is 0 Å². The number of aryl methyl sites for hydroxylation is 1. The van der Waals surface area contributed by atoms with Gasteiger partial charge in [-0.05, 0) is 50.5 Å². The van der Waals surface area contributed by atoms with Gasteiger partial charge in [-0.3, -0.25) is 4.79 Å². The Labute approximate surface area is 167 Å². The van der Waals surface area contributed by atoms with Gasteiger partial charge < -0.3 is 19.4 Å². The lowest BCUT2D eigenvalue weighted by Gasteiger charge is -2.57. The molecule has 8 heteroatoms. The van der Waals surface area contributed by atoms with E-state index in [4.69, 9.17) is 9.47 Å². The molecule has 2 unspecified atom stereocenters. The number of carbonyl (C=O) groups excluding carboxylic acids is 1. The Bertz CT molecular complexity index is 916. The molecule has 0 radical (unpaired) electrons. The van der Waals surface area contributed by atoms with Crippen LogP contribution in [0.15, 0.2) is 24.3 Å². The van der Waals surface area contributed by atoms with E-state index in [-0.39, 0.29) is 23.5 Å². The third-order valence-corrected chi connectivity index (χ3v) is 6.48. The highest BCUT2D eigenvalue weighted by molar-refractivity contribution is 5.99. The maximum absolute atomic E-state index is 13.0. The largest absolute Gasteiger partial charge is 0.416 e. The third-order valence-electron chi connectivity index (χ3n) is 6.48. The number of benzene rings is 1. The number of amides is 1. The molecule has 2 fully saturated rings. The first-order valence-electron chi connectivity index (χ1n) is 9.93. The van der Waals surface area contributed by atoms with Crippen molar-refractivity contribution in [3.05, 3.63) is 35.5 Å². The van der Waals surface area contributed by atoms with Gasteiger partial charge in [-0.15, -0.1) is 0 Å². The average molecular weight is 410 g/mol. The second-order valence-electron chi connectivity index (χ2n) is 7.91. The monoisotopic (exact) mass is 410 g/mol. The van der Waals surface area contributed by atoms with Crippen LogP contribution in [0.2, 0.25) is 0 Å². The van der Waals surface area contributed by atoms with E-state index in [0.29, 0.717) is 36.4 Å². The summed E-state index contributed by atoms with van der Waals surface area (Å²) in [7, 11) is 1.69. The van der Waals surface area contributed by atoms with Crippen molar-refractivity contribution in [1.82, 2.24) is 9.88 Å². The minimum absolute atomic E-state index is 0.0285. The molecule has 1 N–H and O–H groups in total. The van der Waals surface area contributed by atoms with E-state index in [2.05, 4.69) is 5.32 Å². The molecule has 0 bridgehead atoms. The molecule has 1 spiro atoms. The number of aromatic nitrogens is 1. The van der Waals surface area contributed by atoms with Gasteiger partial charge in [0, 0.05) is 49.2 Å². The SMILES string of the molecule is CCOC1CC(NC(=O)c2cc3cc(C(F)(F)F)ccc3n2C)C12CCOCC2. The Morgan fingerprint density at radius 2 is 2.03 bits per heavy atom. The molecule has 5 nitrogen and oxygen atoms in total. The minimum atomic E-state index is -4.41. The highest BCUT2D eigenvalue weighted by Gasteiger charge is 2.56. The van der Waals surface area contributed by atoms with Crippen molar-refractivity contribution >= 4 is 16.8 Å². The molecule has 1 saturated heterocycles. The molecule has 1 saturated carbocycles. The van der Waals surface area contributed by atoms with Crippen molar-refractivity contribution in [3.8, 4) is 0 Å². The van der Waals surface area contributed by atoms with Crippen LogP contribution in [0.3, 0.4) is 0 Å². The van der Waals surface area contributed by atoms with Crippen LogP contribution >= 0.6 is 0 Å². The summed E-state index contributed by atoms with van der Waals surface area (Å²) >= 11 is 0. The van der Waals surface area contributed by atoms with Crippen molar-refractivity contribution in [2.24, 2.45) is 12.5 Å². The predicted molar refractivity (Wildman–Crippen MR) is 102 cm³/mol. The van der Waals surface area contributed by atoms with E-state index in [9.17, 15) is 18.0 Å². The molecular formula is C21H25F3N2O3. The van der Waals surface area contributed by atoms with Gasteiger partial charge >= 0.3 is 6.18 Å². The predicted octanol–water partition coefficient (Wildman–Crippen LogP) is 3.90. The second kappa shape index (κ2) is 7.32. The minimum Gasteiger partial charge on any atom is -0.381 e. The maximum atomic E-state index is 13.0. The number of fused-ring (bicyclic) bond motifs is 1. The van der Waals surface area contributed by atoms with Gasteiger partial charge in [0.2, 0.25) is 0 Å². The first kappa shape index (κ1) is 20.2. The zero-order chi connectivity index (χ0) is 20.8. The van der Waals surface area contributed by atoms with Gasteiger partial charge in [-0.25, -0.2) is 0 Å². The van der Waals surface area contributed by atoms with E-state index < -0.39 is 11.7 Å². The number of carbonyl (C=O) groups is 1. The Kier molecular flexibility index (Phi) is 5.11. The summed E-state index contributed by atoms with van der Waals surface area (Å²) < 4.78 is 52.0. The molecule has 29 heavy (non-hydrogen) atoms. The second-order valence-corrected chi connectivity index (χ2v) is 7.91. The fourth-order valence-corrected chi connectivity index (χ4v) is 4.78. The van der Waals surface area contributed by atoms with Crippen LogP contribution in [0, 0.1) is 5.41 Å². The van der Waals surface area contributed by atoms with E-state index in [1.807, 2.05) is 6.92 Å². The molecule has 2 atom stereocenters. The number of hydrogen-bond donors (Lipinski definition) is 1. The zero-order valence-corrected chi connectivity index (χ0v) is 16.5. The summed E-state index contributed by atoms with van der Waals surface area (Å²) in [5.74, 6) is -0.275. The van der Waals surface area contributed by atoms with E-state index in [1.54, 1.807) is 11.6 Å². The van der Waals surface area contributed by atoms with Crippen LogP contribution in [0.5, 0.6) is 0 Å². The average Bonchev–Trinajstić information content (AvgIpc) is 3.03. The topological polar surface area (TPSA) is 52.5 Å². The number of halogens is 3. The van der Waals surface area contributed by atoms with Crippen LogP contribution in [-0.2, 0) is 22.7 Å². The Hall–Kier alpha value is -2.06. The smallest absolute Gasteiger partial charge is 0.381 e. The summed E-state index contributed by atoms with van der Waals surface area (Å²) in [5, 5.41) is 3.51. The van der Waals surface area contributed by atoms with Gasteiger partial charge in [0.15, 0.2) is 0 Å². The number of nitrogens with one attached hydrogen (secondary N) is 1. The quantitative estimate of drug-likeness (QED) is 0.832. The fourth-order valence-electron chi connectivity index (χ4n) is 4.78. The number of nitrogens with zero attached hydrogens (tertiary/aromatic N) is 1. The lowest BCUT2D eigenvalue weighted by molar-refractivity contribution is -0.170. The standard InChI is InChI=1S/C21H25F3N2O3/c1-3-29-18-12-17(20(18)6-8-28-9-7-20)25-19(27)16-11-13-10-14(21(22,23)24)4-5-15(13)26(16)2/h4-5,10-11,17-18H,3,6-9,12H2,1-2H3,(H,25,27). The third kappa shape index (κ3) is 3.42. The van der Waals surface area contributed by atoms with Crippen molar-refractivity contribution in [3.63, 3.8) is 0 Å².